The Balaban J connectivity index is 2.97. The van der Waals surface area contributed by atoms with Gasteiger partial charge in [0.25, 0.3) is 0 Å². The third kappa shape index (κ3) is 2.83. The molecule has 0 aliphatic heterocycles. The highest BCUT2D eigenvalue weighted by atomic mass is 35.5. The summed E-state index contributed by atoms with van der Waals surface area (Å²) in [6.07, 6.45) is 3.35. The Kier molecular flexibility index (Phi) is 3.93. The highest BCUT2D eigenvalue weighted by Gasteiger charge is 1.98. The smallest absolute Gasteiger partial charge is 0.130 e. The molecule has 0 heterocycles. The van der Waals surface area contributed by atoms with Crippen LogP contribution >= 0.6 is 11.6 Å². The minimum Gasteiger partial charge on any atom is -0.326 e. The van der Waals surface area contributed by atoms with Crippen LogP contribution in [0.5, 0.6) is 0 Å². The van der Waals surface area contributed by atoms with Crippen molar-refractivity contribution in [3.63, 3.8) is 0 Å². The van der Waals surface area contributed by atoms with Gasteiger partial charge in [0.05, 0.1) is 0 Å². The predicted octanol–water partition coefficient (Wildman–Crippen LogP) is 2.54. The van der Waals surface area contributed by atoms with Crippen LogP contribution in [0.25, 0.3) is 6.08 Å². The number of halogens is 2. The first-order valence-electron chi connectivity index (χ1n) is 3.99. The lowest BCUT2D eigenvalue weighted by molar-refractivity contribution is 0.624. The zero-order valence-electron chi connectivity index (χ0n) is 7.13. The van der Waals surface area contributed by atoms with Crippen LogP contribution in [0.2, 0.25) is 0 Å². The van der Waals surface area contributed by atoms with E-state index in [0.29, 0.717) is 18.0 Å². The molecule has 0 amide bonds. The van der Waals surface area contributed by atoms with Gasteiger partial charge in [0, 0.05) is 18.0 Å². The van der Waals surface area contributed by atoms with Crippen LogP contribution in [-0.2, 0) is 6.54 Å². The Labute approximate surface area is 82.0 Å². The van der Waals surface area contributed by atoms with Gasteiger partial charge in [-0.1, -0.05) is 18.2 Å². The van der Waals surface area contributed by atoms with Crippen molar-refractivity contribution in [2.24, 2.45) is 5.73 Å². The van der Waals surface area contributed by atoms with Crippen molar-refractivity contribution < 1.29 is 4.39 Å². The van der Waals surface area contributed by atoms with Crippen molar-refractivity contribution in [2.75, 3.05) is 5.88 Å². The second-order valence-electron chi connectivity index (χ2n) is 2.62. The summed E-state index contributed by atoms with van der Waals surface area (Å²) in [5.41, 5.74) is 6.87. The fourth-order valence-electron chi connectivity index (χ4n) is 1.02. The lowest BCUT2D eigenvalue weighted by Gasteiger charge is -2.00. The number of benzene rings is 1. The van der Waals surface area contributed by atoms with Crippen molar-refractivity contribution >= 4 is 17.7 Å². The summed E-state index contributed by atoms with van der Waals surface area (Å²) in [6.45, 7) is 0.419. The van der Waals surface area contributed by atoms with E-state index in [0.717, 1.165) is 5.56 Å². The topological polar surface area (TPSA) is 26.0 Å². The molecule has 0 saturated carbocycles. The molecule has 0 aromatic heterocycles. The van der Waals surface area contributed by atoms with Gasteiger partial charge in [0.1, 0.15) is 5.82 Å². The Hall–Kier alpha value is -0.860. The number of allylic oxidation sites excluding steroid dienone is 1. The van der Waals surface area contributed by atoms with Gasteiger partial charge in [-0.15, -0.1) is 11.6 Å². The van der Waals surface area contributed by atoms with E-state index in [9.17, 15) is 4.39 Å². The third-order valence-corrected chi connectivity index (χ3v) is 1.86. The molecule has 0 bridgehead atoms. The van der Waals surface area contributed by atoms with Crippen LogP contribution in [0.4, 0.5) is 4.39 Å². The van der Waals surface area contributed by atoms with Crippen molar-refractivity contribution in [1.29, 1.82) is 0 Å². The molecule has 2 N–H and O–H groups in total. The van der Waals surface area contributed by atoms with Crippen LogP contribution in [0, 0.1) is 5.82 Å². The molecule has 1 aromatic carbocycles. The van der Waals surface area contributed by atoms with E-state index in [2.05, 4.69) is 0 Å². The Morgan fingerprint density at radius 3 is 2.85 bits per heavy atom. The molecule has 0 saturated heterocycles. The van der Waals surface area contributed by atoms with Crippen LogP contribution in [0.3, 0.4) is 0 Å². The number of nitrogens with two attached hydrogens (primary N) is 1. The molecule has 1 rings (SSSR count). The summed E-state index contributed by atoms with van der Waals surface area (Å²) in [4.78, 5) is 0. The van der Waals surface area contributed by atoms with Gasteiger partial charge in [-0.3, -0.25) is 0 Å². The average Bonchev–Trinajstić information content (AvgIpc) is 2.17. The summed E-state index contributed by atoms with van der Waals surface area (Å²) < 4.78 is 13.1. The van der Waals surface area contributed by atoms with Gasteiger partial charge in [-0.05, 0) is 17.7 Å². The average molecular weight is 200 g/mol. The molecule has 0 aliphatic carbocycles. The molecule has 0 aliphatic rings. The zero-order valence-corrected chi connectivity index (χ0v) is 7.89. The summed E-state index contributed by atoms with van der Waals surface area (Å²) in [5, 5.41) is 0. The molecule has 0 atom stereocenters. The van der Waals surface area contributed by atoms with E-state index in [1.54, 1.807) is 24.3 Å². The van der Waals surface area contributed by atoms with Gasteiger partial charge < -0.3 is 5.73 Å². The van der Waals surface area contributed by atoms with Crippen LogP contribution in [0.15, 0.2) is 24.3 Å². The predicted molar refractivity (Wildman–Crippen MR) is 54.0 cm³/mol. The van der Waals surface area contributed by atoms with Gasteiger partial charge in [0.2, 0.25) is 0 Å². The maximum absolute atomic E-state index is 13.1. The fraction of sp³-hybridized carbons (Fsp3) is 0.200. The van der Waals surface area contributed by atoms with Crippen molar-refractivity contribution in [3.8, 4) is 0 Å². The zero-order chi connectivity index (χ0) is 9.68. The lowest BCUT2D eigenvalue weighted by Crippen LogP contribution is -1.97. The molecule has 0 spiro atoms. The summed E-state index contributed by atoms with van der Waals surface area (Å²) in [5.74, 6) is 0.130. The summed E-state index contributed by atoms with van der Waals surface area (Å²) in [6, 6.07) is 4.81. The number of alkyl halides is 1. The second kappa shape index (κ2) is 5.00. The van der Waals surface area contributed by atoms with Crippen LogP contribution in [-0.4, -0.2) is 5.88 Å². The molecule has 0 fully saturated rings. The van der Waals surface area contributed by atoms with Gasteiger partial charge in [-0.2, -0.15) is 0 Å². The van der Waals surface area contributed by atoms with Gasteiger partial charge in [-0.25, -0.2) is 4.39 Å². The Bertz CT molecular complexity index is 310. The van der Waals surface area contributed by atoms with E-state index in [4.69, 9.17) is 17.3 Å². The highest BCUT2D eigenvalue weighted by molar-refractivity contribution is 6.19. The van der Waals surface area contributed by atoms with E-state index in [1.807, 2.05) is 0 Å². The number of rotatable bonds is 3. The van der Waals surface area contributed by atoms with Gasteiger partial charge in [0.15, 0.2) is 0 Å². The minimum atomic E-state index is -0.251. The summed E-state index contributed by atoms with van der Waals surface area (Å²) in [7, 11) is 0. The normalized spacial score (nSPS) is 11.0. The first-order valence-corrected chi connectivity index (χ1v) is 4.52. The molecule has 0 unspecified atom stereocenters. The van der Waals surface area contributed by atoms with Crippen molar-refractivity contribution in [1.82, 2.24) is 0 Å². The largest absolute Gasteiger partial charge is 0.326 e. The quantitative estimate of drug-likeness (QED) is 0.744. The molecular formula is C10H11ClFN. The monoisotopic (exact) mass is 199 g/mol. The van der Waals surface area contributed by atoms with Crippen LogP contribution < -0.4 is 5.73 Å². The first kappa shape index (κ1) is 10.2. The maximum atomic E-state index is 13.1. The highest BCUT2D eigenvalue weighted by Crippen LogP contribution is 2.12. The van der Waals surface area contributed by atoms with E-state index < -0.39 is 0 Å². The summed E-state index contributed by atoms with van der Waals surface area (Å²) >= 11 is 5.44. The molecule has 3 heteroatoms. The molecule has 0 radical (unpaired) electrons. The molecule has 1 aromatic rings. The first-order chi connectivity index (χ1) is 6.27. The van der Waals surface area contributed by atoms with Crippen LogP contribution in [0.1, 0.15) is 11.1 Å². The van der Waals surface area contributed by atoms with E-state index >= 15 is 0 Å². The Morgan fingerprint density at radius 1 is 1.46 bits per heavy atom. The lowest BCUT2D eigenvalue weighted by atomic mass is 10.1. The maximum Gasteiger partial charge on any atom is 0.130 e. The standard InChI is InChI=1S/C10H11ClFN/c11-5-1-2-9-6-8(7-13)3-4-10(9)12/h1-4,6H,5,7,13H2. The van der Waals surface area contributed by atoms with Crippen molar-refractivity contribution in [3.05, 3.63) is 41.2 Å². The van der Waals surface area contributed by atoms with Gasteiger partial charge >= 0.3 is 0 Å². The number of hydrogen-bond acceptors (Lipinski definition) is 1. The molecule has 70 valence electrons. The third-order valence-electron chi connectivity index (χ3n) is 1.68. The van der Waals surface area contributed by atoms with E-state index in [1.165, 1.54) is 6.07 Å². The molecule has 13 heavy (non-hydrogen) atoms. The van der Waals surface area contributed by atoms with Crippen molar-refractivity contribution in [2.45, 2.75) is 6.54 Å². The SMILES string of the molecule is NCc1ccc(F)c(C=CCCl)c1. The second-order valence-corrected chi connectivity index (χ2v) is 2.93. The Morgan fingerprint density at radius 2 is 2.23 bits per heavy atom. The van der Waals surface area contributed by atoms with E-state index in [-0.39, 0.29) is 5.82 Å². The number of hydrogen-bond donors (Lipinski definition) is 1. The fourth-order valence-corrected chi connectivity index (χ4v) is 1.11. The molecule has 1 nitrogen and oxygen atoms in total. The minimum absolute atomic E-state index is 0.251. The molecular weight excluding hydrogens is 189 g/mol.